The average molecular weight is 451 g/mol. The molecule has 0 radical (unpaired) electrons. The monoisotopic (exact) mass is 450 g/mol. The Bertz CT molecular complexity index is 1230. The van der Waals surface area contributed by atoms with Crippen molar-refractivity contribution in [1.29, 1.82) is 5.41 Å². The molecule has 1 aliphatic rings. The molecule has 5 heteroatoms. The fraction of sp³-hybridized carbons (Fsp3) is 0.241. The Morgan fingerprint density at radius 3 is 2.53 bits per heavy atom. The molecule has 0 aliphatic carbocycles. The molecule has 172 valence electrons. The van der Waals surface area contributed by atoms with Crippen molar-refractivity contribution in [2.24, 2.45) is 5.73 Å². The maximum atomic E-state index is 12.8. The van der Waals surface area contributed by atoms with Crippen molar-refractivity contribution in [3.05, 3.63) is 101 Å². The molecule has 1 atom stereocenters. The highest BCUT2D eigenvalue weighted by molar-refractivity contribution is 5.96. The van der Waals surface area contributed by atoms with E-state index in [1.807, 2.05) is 72.5 Å². The van der Waals surface area contributed by atoms with E-state index >= 15 is 0 Å². The average Bonchev–Trinajstić information content (AvgIpc) is 3.38. The minimum absolute atomic E-state index is 0.0355. The van der Waals surface area contributed by atoms with Crippen LogP contribution in [0.1, 0.15) is 45.5 Å². The largest absolute Gasteiger partial charge is 0.384 e. The number of aryl methyl sites for hydroxylation is 1. The van der Waals surface area contributed by atoms with E-state index < -0.39 is 0 Å². The summed E-state index contributed by atoms with van der Waals surface area (Å²) in [4.78, 5) is 14.7. The van der Waals surface area contributed by atoms with Gasteiger partial charge in [0.15, 0.2) is 0 Å². The van der Waals surface area contributed by atoms with Gasteiger partial charge in [0.2, 0.25) is 0 Å². The topological polar surface area (TPSA) is 82.2 Å². The van der Waals surface area contributed by atoms with Gasteiger partial charge in [0.05, 0.1) is 6.04 Å². The molecule has 1 fully saturated rings. The number of nitrogen functional groups attached to an aromatic ring is 1. The number of hydrogen-bond donors (Lipinski definition) is 3. The quantitative estimate of drug-likeness (QED) is 0.292. The molecule has 34 heavy (non-hydrogen) atoms. The first-order chi connectivity index (χ1) is 16.5. The SMILES string of the molecule is Cc1cc(C#CC(Cc2ccccc2)Nc2cccc(C(=N)N)c2)ccc1C(=O)N1CCCC1. The Hall–Kier alpha value is -4.04. The van der Waals surface area contributed by atoms with Crippen molar-refractivity contribution in [2.45, 2.75) is 32.2 Å². The second-order valence-corrected chi connectivity index (χ2v) is 8.68. The summed E-state index contributed by atoms with van der Waals surface area (Å²) < 4.78 is 0. The number of amidine groups is 1. The molecule has 1 amide bonds. The normalized spacial score (nSPS) is 13.6. The van der Waals surface area contributed by atoms with Crippen molar-refractivity contribution in [2.75, 3.05) is 18.4 Å². The van der Waals surface area contributed by atoms with Gasteiger partial charge in [-0.3, -0.25) is 10.2 Å². The van der Waals surface area contributed by atoms with E-state index in [-0.39, 0.29) is 17.8 Å². The number of hydrogen-bond acceptors (Lipinski definition) is 3. The maximum absolute atomic E-state index is 12.8. The molecule has 0 saturated carbocycles. The van der Waals surface area contributed by atoms with Gasteiger partial charge >= 0.3 is 0 Å². The number of rotatable bonds is 6. The summed E-state index contributed by atoms with van der Waals surface area (Å²) in [6.45, 7) is 3.66. The Morgan fingerprint density at radius 2 is 1.82 bits per heavy atom. The third-order valence-electron chi connectivity index (χ3n) is 6.04. The fourth-order valence-electron chi connectivity index (χ4n) is 4.21. The van der Waals surface area contributed by atoms with E-state index in [1.165, 1.54) is 5.56 Å². The van der Waals surface area contributed by atoms with Gasteiger partial charge in [-0.05, 0) is 61.2 Å². The molecule has 3 aromatic carbocycles. The molecule has 0 bridgehead atoms. The van der Waals surface area contributed by atoms with Gasteiger partial charge in [0.1, 0.15) is 5.84 Å². The lowest BCUT2D eigenvalue weighted by atomic mass is 10.0. The molecular weight excluding hydrogens is 420 g/mol. The van der Waals surface area contributed by atoms with Crippen LogP contribution in [0.25, 0.3) is 0 Å². The number of anilines is 1. The number of carbonyl (C=O) groups is 1. The van der Waals surface area contributed by atoms with Crippen LogP contribution in [0.15, 0.2) is 72.8 Å². The van der Waals surface area contributed by atoms with Gasteiger partial charge in [0, 0.05) is 41.9 Å². The van der Waals surface area contributed by atoms with Crippen LogP contribution in [0.2, 0.25) is 0 Å². The summed E-state index contributed by atoms with van der Waals surface area (Å²) >= 11 is 0. The summed E-state index contributed by atoms with van der Waals surface area (Å²) in [5.74, 6) is 6.82. The summed E-state index contributed by atoms with van der Waals surface area (Å²) in [5.41, 5.74) is 11.0. The van der Waals surface area contributed by atoms with Crippen LogP contribution in [0, 0.1) is 24.2 Å². The van der Waals surface area contributed by atoms with Crippen molar-refractivity contribution < 1.29 is 4.79 Å². The van der Waals surface area contributed by atoms with E-state index in [0.29, 0.717) is 5.56 Å². The highest BCUT2D eigenvalue weighted by atomic mass is 16.2. The number of amides is 1. The lowest BCUT2D eigenvalue weighted by Gasteiger charge is -2.17. The Morgan fingerprint density at radius 1 is 1.06 bits per heavy atom. The highest BCUT2D eigenvalue weighted by Crippen LogP contribution is 2.18. The molecule has 1 saturated heterocycles. The maximum Gasteiger partial charge on any atom is 0.254 e. The molecular formula is C29H30N4O. The third kappa shape index (κ3) is 5.85. The van der Waals surface area contributed by atoms with Crippen LogP contribution in [-0.2, 0) is 6.42 Å². The van der Waals surface area contributed by atoms with Gasteiger partial charge in [0.25, 0.3) is 5.91 Å². The Kier molecular flexibility index (Phi) is 7.29. The fourth-order valence-corrected chi connectivity index (χ4v) is 4.21. The summed E-state index contributed by atoms with van der Waals surface area (Å²) in [5, 5.41) is 11.2. The van der Waals surface area contributed by atoms with E-state index in [9.17, 15) is 4.79 Å². The summed E-state index contributed by atoms with van der Waals surface area (Å²) in [6.07, 6.45) is 2.89. The number of carbonyl (C=O) groups excluding carboxylic acids is 1. The Balaban J connectivity index is 1.56. The number of benzene rings is 3. The number of likely N-dealkylation sites (tertiary alicyclic amines) is 1. The molecule has 3 aromatic rings. The molecule has 0 aromatic heterocycles. The highest BCUT2D eigenvalue weighted by Gasteiger charge is 2.20. The minimum Gasteiger partial charge on any atom is -0.384 e. The number of nitrogens with one attached hydrogen (secondary N) is 2. The van der Waals surface area contributed by atoms with Crippen molar-refractivity contribution in [3.8, 4) is 11.8 Å². The van der Waals surface area contributed by atoms with Crippen LogP contribution in [0.4, 0.5) is 5.69 Å². The zero-order valence-electron chi connectivity index (χ0n) is 19.5. The molecule has 4 rings (SSSR count). The first-order valence-electron chi connectivity index (χ1n) is 11.7. The van der Waals surface area contributed by atoms with Gasteiger partial charge in [-0.2, -0.15) is 0 Å². The predicted octanol–water partition coefficient (Wildman–Crippen LogP) is 4.59. The first-order valence-corrected chi connectivity index (χ1v) is 11.7. The summed E-state index contributed by atoms with van der Waals surface area (Å²) in [6, 6.07) is 23.4. The second kappa shape index (κ2) is 10.7. The standard InChI is InChI=1S/C29H30N4O/c1-21-18-23(13-15-27(21)29(34)33-16-5-6-17-33)12-14-26(19-22-8-3-2-4-9-22)32-25-11-7-10-24(20-25)28(30)31/h2-4,7-11,13,15,18,20,26,32H,5-6,16-17,19H2,1H3,(H3,30,31). The van der Waals surface area contributed by atoms with Crippen LogP contribution in [0.3, 0.4) is 0 Å². The first kappa shape index (κ1) is 23.1. The van der Waals surface area contributed by atoms with Crippen molar-refractivity contribution in [1.82, 2.24) is 4.90 Å². The zero-order valence-corrected chi connectivity index (χ0v) is 19.5. The van der Waals surface area contributed by atoms with Crippen LogP contribution in [-0.4, -0.2) is 35.8 Å². The van der Waals surface area contributed by atoms with E-state index in [0.717, 1.165) is 54.7 Å². The van der Waals surface area contributed by atoms with E-state index in [1.54, 1.807) is 0 Å². The van der Waals surface area contributed by atoms with Crippen LogP contribution >= 0.6 is 0 Å². The zero-order chi connectivity index (χ0) is 23.9. The van der Waals surface area contributed by atoms with Crippen molar-refractivity contribution in [3.63, 3.8) is 0 Å². The molecule has 1 unspecified atom stereocenters. The van der Waals surface area contributed by atoms with Gasteiger partial charge < -0.3 is 16.0 Å². The second-order valence-electron chi connectivity index (χ2n) is 8.68. The number of nitrogens with zero attached hydrogens (tertiary/aromatic N) is 1. The molecule has 4 N–H and O–H groups in total. The van der Waals surface area contributed by atoms with Crippen LogP contribution < -0.4 is 11.1 Å². The summed E-state index contributed by atoms with van der Waals surface area (Å²) in [7, 11) is 0. The smallest absolute Gasteiger partial charge is 0.254 e. The van der Waals surface area contributed by atoms with E-state index in [4.69, 9.17) is 11.1 Å². The van der Waals surface area contributed by atoms with E-state index in [2.05, 4.69) is 29.3 Å². The van der Waals surface area contributed by atoms with Gasteiger partial charge in [-0.1, -0.05) is 54.3 Å². The minimum atomic E-state index is -0.143. The van der Waals surface area contributed by atoms with Crippen LogP contribution in [0.5, 0.6) is 0 Å². The molecule has 1 heterocycles. The predicted molar refractivity (Wildman–Crippen MR) is 138 cm³/mol. The molecule has 1 aliphatic heterocycles. The lowest BCUT2D eigenvalue weighted by molar-refractivity contribution is 0.0792. The lowest BCUT2D eigenvalue weighted by Crippen LogP contribution is -2.28. The number of nitrogens with two attached hydrogens (primary N) is 1. The third-order valence-corrected chi connectivity index (χ3v) is 6.04. The van der Waals surface area contributed by atoms with Gasteiger partial charge in [-0.15, -0.1) is 0 Å². The van der Waals surface area contributed by atoms with Gasteiger partial charge in [-0.25, -0.2) is 0 Å². The molecule has 5 nitrogen and oxygen atoms in total. The molecule has 0 spiro atoms. The van der Waals surface area contributed by atoms with Crippen molar-refractivity contribution >= 4 is 17.4 Å². The Labute approximate surface area is 201 Å².